The van der Waals surface area contributed by atoms with Crippen LogP contribution in [0.3, 0.4) is 0 Å². The highest BCUT2D eigenvalue weighted by molar-refractivity contribution is 7.99. The quantitative estimate of drug-likeness (QED) is 0.383. The Kier molecular flexibility index (Phi) is 6.44. The van der Waals surface area contributed by atoms with Gasteiger partial charge in [-0.05, 0) is 65.0 Å². The Balaban J connectivity index is 1.60. The minimum absolute atomic E-state index is 0.392. The molecule has 0 aliphatic carbocycles. The number of ether oxygens (including phenoxy) is 1. The normalized spacial score (nSPS) is 14.6. The van der Waals surface area contributed by atoms with Crippen LogP contribution in [0.4, 0.5) is 0 Å². The predicted molar refractivity (Wildman–Crippen MR) is 138 cm³/mol. The van der Waals surface area contributed by atoms with E-state index in [0.717, 1.165) is 63.6 Å². The molecule has 1 saturated heterocycles. The standard InChI is InChI=1S/C27H27N7OS/c1-17-22(13-29)25(6-5-24(17)35-4)36-26-11-19(16-33-27(26)20(12-28)14-30-33)23-15-31-34(18(23)2)21-7-9-32(3)10-8-21/h5-6,11,14-16,21H,7-10H2,1-4H3. The van der Waals surface area contributed by atoms with Gasteiger partial charge in [0.15, 0.2) is 0 Å². The van der Waals surface area contributed by atoms with Gasteiger partial charge in [-0.1, -0.05) is 11.8 Å². The Morgan fingerprint density at radius 1 is 1.06 bits per heavy atom. The van der Waals surface area contributed by atoms with E-state index in [2.05, 4.69) is 46.9 Å². The summed E-state index contributed by atoms with van der Waals surface area (Å²) < 4.78 is 9.32. The van der Waals surface area contributed by atoms with E-state index >= 15 is 0 Å². The average molecular weight is 498 g/mol. The largest absolute Gasteiger partial charge is 0.496 e. The molecule has 0 spiro atoms. The van der Waals surface area contributed by atoms with Gasteiger partial charge in [0.25, 0.3) is 0 Å². The molecule has 1 aliphatic rings. The number of likely N-dealkylation sites (tertiary alicyclic amines) is 1. The average Bonchev–Trinajstić information content (AvgIpc) is 3.48. The first-order chi connectivity index (χ1) is 17.4. The number of methoxy groups -OCH3 is 1. The van der Waals surface area contributed by atoms with E-state index in [9.17, 15) is 10.5 Å². The third-order valence-electron chi connectivity index (χ3n) is 7.02. The van der Waals surface area contributed by atoms with Crippen LogP contribution in [0.2, 0.25) is 0 Å². The summed E-state index contributed by atoms with van der Waals surface area (Å²) in [5.41, 5.74) is 5.70. The zero-order chi connectivity index (χ0) is 25.4. The second kappa shape index (κ2) is 9.69. The molecule has 0 unspecified atom stereocenters. The van der Waals surface area contributed by atoms with E-state index < -0.39 is 0 Å². The van der Waals surface area contributed by atoms with Crippen molar-refractivity contribution in [3.63, 3.8) is 0 Å². The van der Waals surface area contributed by atoms with Crippen molar-refractivity contribution in [3.05, 3.63) is 59.2 Å². The summed E-state index contributed by atoms with van der Waals surface area (Å²) in [5.74, 6) is 0.675. The van der Waals surface area contributed by atoms with E-state index in [1.807, 2.05) is 31.5 Å². The minimum atomic E-state index is 0.392. The van der Waals surface area contributed by atoms with Gasteiger partial charge in [-0.25, -0.2) is 4.52 Å². The third kappa shape index (κ3) is 4.11. The van der Waals surface area contributed by atoms with E-state index in [4.69, 9.17) is 9.84 Å². The molecule has 0 radical (unpaired) electrons. The SMILES string of the molecule is COc1ccc(Sc2cc(-c3cnn(C4CCN(C)CC4)c3C)cn3ncc(C#N)c23)c(C#N)c1C. The van der Waals surface area contributed by atoms with Crippen molar-refractivity contribution in [2.75, 3.05) is 27.2 Å². The third-order valence-corrected chi connectivity index (χ3v) is 8.11. The Morgan fingerprint density at radius 2 is 1.83 bits per heavy atom. The lowest BCUT2D eigenvalue weighted by Gasteiger charge is -2.29. The van der Waals surface area contributed by atoms with Crippen LogP contribution in [0.25, 0.3) is 16.6 Å². The van der Waals surface area contributed by atoms with Crippen molar-refractivity contribution < 1.29 is 4.74 Å². The van der Waals surface area contributed by atoms with E-state index in [1.54, 1.807) is 17.8 Å². The monoisotopic (exact) mass is 497 g/mol. The van der Waals surface area contributed by atoms with Gasteiger partial charge in [0.1, 0.15) is 17.9 Å². The van der Waals surface area contributed by atoms with Crippen LogP contribution >= 0.6 is 11.8 Å². The maximum Gasteiger partial charge on any atom is 0.123 e. The van der Waals surface area contributed by atoms with Crippen molar-refractivity contribution in [2.45, 2.75) is 42.5 Å². The Labute approximate surface area is 214 Å². The minimum Gasteiger partial charge on any atom is -0.496 e. The Morgan fingerprint density at radius 3 is 2.53 bits per heavy atom. The molecule has 5 rings (SSSR count). The maximum absolute atomic E-state index is 9.88. The molecule has 0 saturated carbocycles. The summed E-state index contributed by atoms with van der Waals surface area (Å²) in [5, 5.41) is 28.8. The number of piperidine rings is 1. The zero-order valence-corrected chi connectivity index (χ0v) is 21.6. The van der Waals surface area contributed by atoms with Crippen LogP contribution in [0.15, 0.2) is 46.6 Å². The van der Waals surface area contributed by atoms with Crippen molar-refractivity contribution in [1.82, 2.24) is 24.3 Å². The van der Waals surface area contributed by atoms with E-state index in [0.29, 0.717) is 22.9 Å². The first kappa shape index (κ1) is 23.9. The topological polar surface area (TPSA) is 95.2 Å². The lowest BCUT2D eigenvalue weighted by molar-refractivity contribution is 0.210. The highest BCUT2D eigenvalue weighted by Crippen LogP contribution is 2.40. The molecule has 0 N–H and O–H groups in total. The van der Waals surface area contributed by atoms with Gasteiger partial charge in [-0.15, -0.1) is 0 Å². The lowest BCUT2D eigenvalue weighted by atomic mass is 10.0. The molecule has 182 valence electrons. The van der Waals surface area contributed by atoms with Crippen molar-refractivity contribution in [2.24, 2.45) is 0 Å². The maximum atomic E-state index is 9.88. The van der Waals surface area contributed by atoms with E-state index in [1.165, 1.54) is 11.8 Å². The van der Waals surface area contributed by atoms with Gasteiger partial charge in [0.2, 0.25) is 0 Å². The molecule has 0 amide bonds. The number of nitriles is 2. The molecule has 0 bridgehead atoms. The van der Waals surface area contributed by atoms with Gasteiger partial charge >= 0.3 is 0 Å². The molecule has 9 heteroatoms. The molecule has 1 aromatic carbocycles. The fraction of sp³-hybridized carbons (Fsp3) is 0.333. The number of hydrogen-bond donors (Lipinski definition) is 0. The Bertz CT molecular complexity index is 1530. The van der Waals surface area contributed by atoms with Crippen molar-refractivity contribution >= 4 is 17.3 Å². The number of fused-ring (bicyclic) bond motifs is 1. The molecular formula is C27H27N7OS. The highest BCUT2D eigenvalue weighted by Gasteiger charge is 2.23. The van der Waals surface area contributed by atoms with Gasteiger partial charge in [0.05, 0.1) is 42.2 Å². The second-order valence-electron chi connectivity index (χ2n) is 9.16. The summed E-state index contributed by atoms with van der Waals surface area (Å²) in [6, 6.07) is 10.8. The lowest BCUT2D eigenvalue weighted by Crippen LogP contribution is -2.32. The fourth-order valence-corrected chi connectivity index (χ4v) is 6.10. The summed E-state index contributed by atoms with van der Waals surface area (Å²) in [4.78, 5) is 4.02. The fourth-order valence-electron chi connectivity index (χ4n) is 4.94. The number of hydrogen-bond acceptors (Lipinski definition) is 7. The molecule has 0 atom stereocenters. The van der Waals surface area contributed by atoms with E-state index in [-0.39, 0.29) is 0 Å². The number of rotatable bonds is 5. The second-order valence-corrected chi connectivity index (χ2v) is 10.2. The molecular weight excluding hydrogens is 470 g/mol. The van der Waals surface area contributed by atoms with Gasteiger partial charge < -0.3 is 9.64 Å². The van der Waals surface area contributed by atoms with Gasteiger partial charge in [0, 0.05) is 38.4 Å². The number of benzene rings is 1. The van der Waals surface area contributed by atoms with Crippen LogP contribution in [-0.4, -0.2) is 51.5 Å². The van der Waals surface area contributed by atoms with Crippen molar-refractivity contribution in [3.8, 4) is 29.0 Å². The number of pyridine rings is 1. The van der Waals surface area contributed by atoms with Crippen LogP contribution in [-0.2, 0) is 0 Å². The van der Waals surface area contributed by atoms with Crippen molar-refractivity contribution in [1.29, 1.82) is 10.5 Å². The van der Waals surface area contributed by atoms with Crippen LogP contribution in [0, 0.1) is 36.5 Å². The number of nitrogens with zero attached hydrogens (tertiary/aromatic N) is 7. The van der Waals surface area contributed by atoms with Crippen LogP contribution in [0.5, 0.6) is 5.75 Å². The van der Waals surface area contributed by atoms with Crippen LogP contribution < -0.4 is 4.74 Å². The molecule has 1 aliphatic heterocycles. The predicted octanol–water partition coefficient (Wildman–Crippen LogP) is 4.98. The highest BCUT2D eigenvalue weighted by atomic mass is 32.2. The molecule has 1 fully saturated rings. The first-order valence-corrected chi connectivity index (χ1v) is 12.7. The summed E-state index contributed by atoms with van der Waals surface area (Å²) in [6.45, 7) is 6.13. The number of aromatic nitrogens is 4. The van der Waals surface area contributed by atoms with Crippen LogP contribution in [0.1, 0.15) is 41.3 Å². The first-order valence-electron chi connectivity index (χ1n) is 11.8. The smallest absolute Gasteiger partial charge is 0.123 e. The summed E-state index contributed by atoms with van der Waals surface area (Å²) in [7, 11) is 3.76. The van der Waals surface area contributed by atoms with Gasteiger partial charge in [-0.3, -0.25) is 4.68 Å². The molecule has 8 nitrogen and oxygen atoms in total. The summed E-state index contributed by atoms with van der Waals surface area (Å²) >= 11 is 1.46. The summed E-state index contributed by atoms with van der Waals surface area (Å²) in [6.07, 6.45) is 7.63. The zero-order valence-electron chi connectivity index (χ0n) is 20.8. The molecule has 3 aromatic heterocycles. The molecule has 36 heavy (non-hydrogen) atoms. The molecule has 4 aromatic rings. The van der Waals surface area contributed by atoms with Gasteiger partial charge in [-0.2, -0.15) is 20.7 Å². The molecule has 4 heterocycles. The Hall–Kier alpha value is -3.79.